The molecular formula is C24H27F2N3O2. The molecule has 0 spiro atoms. The van der Waals surface area contributed by atoms with Crippen molar-refractivity contribution in [1.82, 2.24) is 14.8 Å². The standard InChI is InChI=1S/C24H27F2N3O2/c1-3-5-9-21-27-23(24(25,26)4-2)28-29(21)16-18-12-10-17(11-13-18)14-19-7-6-8-20(15-19)22(30)31/h6-8,10-13,15H,3-5,9,14,16H2,1-2H3,(H,30,31). The number of hydrogen-bond donors (Lipinski definition) is 1. The zero-order valence-corrected chi connectivity index (χ0v) is 17.8. The molecule has 3 aromatic rings. The molecule has 0 aliphatic carbocycles. The topological polar surface area (TPSA) is 68.0 Å². The molecule has 0 fully saturated rings. The Bertz CT molecular complexity index is 1030. The minimum Gasteiger partial charge on any atom is -0.478 e. The molecule has 2 aromatic carbocycles. The highest BCUT2D eigenvalue weighted by Crippen LogP contribution is 2.29. The maximum atomic E-state index is 14.1. The average Bonchev–Trinajstić information content (AvgIpc) is 3.17. The number of alkyl halides is 2. The molecular weight excluding hydrogens is 400 g/mol. The first-order valence-corrected chi connectivity index (χ1v) is 10.5. The van der Waals surface area contributed by atoms with Crippen LogP contribution < -0.4 is 0 Å². The number of unbranched alkanes of at least 4 members (excludes halogenated alkanes) is 1. The maximum absolute atomic E-state index is 14.1. The van der Waals surface area contributed by atoms with Crippen LogP contribution in [0.25, 0.3) is 0 Å². The van der Waals surface area contributed by atoms with Gasteiger partial charge in [0, 0.05) is 12.8 Å². The van der Waals surface area contributed by atoms with Gasteiger partial charge < -0.3 is 5.11 Å². The van der Waals surface area contributed by atoms with Crippen LogP contribution in [-0.4, -0.2) is 25.8 Å². The van der Waals surface area contributed by atoms with Crippen LogP contribution in [-0.2, 0) is 25.3 Å². The monoisotopic (exact) mass is 427 g/mol. The van der Waals surface area contributed by atoms with E-state index in [2.05, 4.69) is 10.1 Å². The number of aromatic nitrogens is 3. The van der Waals surface area contributed by atoms with Crippen LogP contribution in [0.2, 0.25) is 0 Å². The molecule has 164 valence electrons. The number of aromatic carboxylic acids is 1. The molecule has 0 aliphatic rings. The van der Waals surface area contributed by atoms with Crippen molar-refractivity contribution in [3.05, 3.63) is 82.4 Å². The van der Waals surface area contributed by atoms with Gasteiger partial charge in [-0.25, -0.2) is 14.5 Å². The number of nitrogens with zero attached hydrogens (tertiary/aromatic N) is 3. The Morgan fingerprint density at radius 2 is 1.77 bits per heavy atom. The summed E-state index contributed by atoms with van der Waals surface area (Å²) in [4.78, 5) is 15.3. The van der Waals surface area contributed by atoms with Crippen LogP contribution in [0.15, 0.2) is 48.5 Å². The van der Waals surface area contributed by atoms with Crippen molar-refractivity contribution < 1.29 is 18.7 Å². The molecule has 1 N–H and O–H groups in total. The largest absolute Gasteiger partial charge is 0.478 e. The first kappa shape index (κ1) is 22.6. The van der Waals surface area contributed by atoms with Crippen LogP contribution in [0.1, 0.15) is 71.8 Å². The molecule has 0 atom stereocenters. The zero-order chi connectivity index (χ0) is 22.4. The summed E-state index contributed by atoms with van der Waals surface area (Å²) < 4.78 is 29.8. The molecule has 3 rings (SSSR count). The summed E-state index contributed by atoms with van der Waals surface area (Å²) in [5, 5.41) is 13.3. The molecule has 0 aliphatic heterocycles. The van der Waals surface area contributed by atoms with E-state index in [1.165, 1.54) is 6.92 Å². The van der Waals surface area contributed by atoms with Gasteiger partial charge in [0.2, 0.25) is 5.82 Å². The number of carbonyl (C=O) groups is 1. The number of halogens is 2. The van der Waals surface area contributed by atoms with Crippen LogP contribution in [0.3, 0.4) is 0 Å². The summed E-state index contributed by atoms with van der Waals surface area (Å²) in [7, 11) is 0. The van der Waals surface area contributed by atoms with Crippen molar-refractivity contribution in [2.75, 3.05) is 0 Å². The van der Waals surface area contributed by atoms with E-state index < -0.39 is 17.7 Å². The molecule has 0 amide bonds. The Hall–Kier alpha value is -3.09. The predicted octanol–water partition coefficient (Wildman–Crippen LogP) is 5.46. The molecule has 0 saturated heterocycles. The highest BCUT2D eigenvalue weighted by molar-refractivity contribution is 5.87. The lowest BCUT2D eigenvalue weighted by molar-refractivity contribution is -0.0177. The minimum atomic E-state index is -3.03. The van der Waals surface area contributed by atoms with E-state index in [1.807, 2.05) is 37.3 Å². The van der Waals surface area contributed by atoms with Gasteiger partial charge in [-0.15, -0.1) is 5.10 Å². The SMILES string of the molecule is CCCCc1nc(C(F)(F)CC)nn1Cc1ccc(Cc2cccc(C(=O)O)c2)cc1. The van der Waals surface area contributed by atoms with Gasteiger partial charge in [0.05, 0.1) is 12.1 Å². The average molecular weight is 427 g/mol. The van der Waals surface area contributed by atoms with E-state index in [1.54, 1.807) is 22.9 Å². The lowest BCUT2D eigenvalue weighted by Crippen LogP contribution is -2.14. The fraction of sp³-hybridized carbons (Fsp3) is 0.375. The van der Waals surface area contributed by atoms with Crippen LogP contribution in [0.4, 0.5) is 8.78 Å². The van der Waals surface area contributed by atoms with E-state index >= 15 is 0 Å². The Balaban J connectivity index is 1.76. The van der Waals surface area contributed by atoms with Gasteiger partial charge in [-0.3, -0.25) is 0 Å². The van der Waals surface area contributed by atoms with E-state index in [9.17, 15) is 13.6 Å². The normalized spacial score (nSPS) is 11.6. The maximum Gasteiger partial charge on any atom is 0.335 e. The number of benzene rings is 2. The fourth-order valence-corrected chi connectivity index (χ4v) is 3.32. The van der Waals surface area contributed by atoms with Gasteiger partial charge in [0.15, 0.2) is 0 Å². The summed E-state index contributed by atoms with van der Waals surface area (Å²) in [5.74, 6) is -3.80. The number of aryl methyl sites for hydroxylation is 1. The lowest BCUT2D eigenvalue weighted by Gasteiger charge is -2.09. The molecule has 7 heteroatoms. The van der Waals surface area contributed by atoms with Gasteiger partial charge in [-0.2, -0.15) is 8.78 Å². The smallest absolute Gasteiger partial charge is 0.335 e. The molecule has 0 saturated carbocycles. The second-order valence-electron chi connectivity index (χ2n) is 7.67. The molecule has 1 aromatic heterocycles. The zero-order valence-electron chi connectivity index (χ0n) is 17.8. The Morgan fingerprint density at radius 3 is 2.42 bits per heavy atom. The minimum absolute atomic E-state index is 0.264. The van der Waals surface area contributed by atoms with Gasteiger partial charge in [-0.1, -0.05) is 56.7 Å². The lowest BCUT2D eigenvalue weighted by atomic mass is 10.0. The van der Waals surface area contributed by atoms with Crippen molar-refractivity contribution in [2.24, 2.45) is 0 Å². The Morgan fingerprint density at radius 1 is 1.06 bits per heavy atom. The van der Waals surface area contributed by atoms with E-state index in [-0.39, 0.29) is 12.0 Å². The summed E-state index contributed by atoms with van der Waals surface area (Å²) in [6.07, 6.45) is 2.71. The summed E-state index contributed by atoms with van der Waals surface area (Å²) in [6.45, 7) is 3.85. The van der Waals surface area contributed by atoms with E-state index in [0.29, 0.717) is 25.2 Å². The number of carboxylic acids is 1. The highest BCUT2D eigenvalue weighted by Gasteiger charge is 2.35. The first-order chi connectivity index (χ1) is 14.8. The number of carboxylic acid groups (broad SMARTS) is 1. The molecule has 5 nitrogen and oxygen atoms in total. The van der Waals surface area contributed by atoms with Gasteiger partial charge in [0.1, 0.15) is 5.82 Å². The van der Waals surface area contributed by atoms with Gasteiger partial charge in [0.25, 0.3) is 0 Å². The van der Waals surface area contributed by atoms with Crippen molar-refractivity contribution in [3.63, 3.8) is 0 Å². The van der Waals surface area contributed by atoms with Gasteiger partial charge >= 0.3 is 11.9 Å². The van der Waals surface area contributed by atoms with Crippen LogP contribution >= 0.6 is 0 Å². The predicted molar refractivity (Wildman–Crippen MR) is 115 cm³/mol. The third-order valence-electron chi connectivity index (χ3n) is 5.21. The van der Waals surface area contributed by atoms with Crippen molar-refractivity contribution in [3.8, 4) is 0 Å². The van der Waals surface area contributed by atoms with Gasteiger partial charge in [-0.05, 0) is 41.7 Å². The summed E-state index contributed by atoms with van der Waals surface area (Å²) in [6, 6.07) is 14.7. The molecule has 0 radical (unpaired) electrons. The van der Waals surface area contributed by atoms with Crippen molar-refractivity contribution >= 4 is 5.97 Å². The Kier molecular flexibility index (Phi) is 7.15. The van der Waals surface area contributed by atoms with Crippen molar-refractivity contribution in [1.29, 1.82) is 0 Å². The third kappa shape index (κ3) is 5.75. The molecule has 1 heterocycles. The highest BCUT2D eigenvalue weighted by atomic mass is 19.3. The third-order valence-corrected chi connectivity index (χ3v) is 5.21. The summed E-state index contributed by atoms with van der Waals surface area (Å²) >= 11 is 0. The van der Waals surface area contributed by atoms with Crippen LogP contribution in [0.5, 0.6) is 0 Å². The molecule has 0 unspecified atom stereocenters. The second kappa shape index (κ2) is 9.81. The van der Waals surface area contributed by atoms with E-state index in [0.717, 1.165) is 29.5 Å². The quantitative estimate of drug-likeness (QED) is 0.467. The molecule has 0 bridgehead atoms. The summed E-state index contributed by atoms with van der Waals surface area (Å²) in [5.41, 5.74) is 3.16. The Labute approximate surface area is 180 Å². The van der Waals surface area contributed by atoms with Crippen molar-refractivity contribution in [2.45, 2.75) is 58.4 Å². The molecule has 31 heavy (non-hydrogen) atoms. The number of rotatable bonds is 10. The van der Waals surface area contributed by atoms with Crippen LogP contribution in [0, 0.1) is 0 Å². The first-order valence-electron chi connectivity index (χ1n) is 10.5. The fourth-order valence-electron chi connectivity index (χ4n) is 3.32. The number of hydrogen-bond acceptors (Lipinski definition) is 3. The van der Waals surface area contributed by atoms with E-state index in [4.69, 9.17) is 5.11 Å². The second-order valence-corrected chi connectivity index (χ2v) is 7.67.